The molecular formula is C12H17F3N2. The second-order valence-electron chi connectivity index (χ2n) is 5.17. The molecule has 96 valence electrons. The standard InChI is InChI=1S/C12H17F3N2/c1-11(2,3)10(16)7-9-8(12(13,14)15)5-4-6-17-9/h4-6,10H,7,16H2,1-3H3. The second-order valence-corrected chi connectivity index (χ2v) is 5.17. The molecule has 0 saturated heterocycles. The molecule has 0 aliphatic heterocycles. The molecule has 2 N–H and O–H groups in total. The van der Waals surface area contributed by atoms with Gasteiger partial charge < -0.3 is 5.73 Å². The van der Waals surface area contributed by atoms with Gasteiger partial charge in [0.2, 0.25) is 0 Å². The number of nitrogens with two attached hydrogens (primary N) is 1. The first-order valence-electron chi connectivity index (χ1n) is 5.39. The highest BCUT2D eigenvalue weighted by molar-refractivity contribution is 5.24. The van der Waals surface area contributed by atoms with E-state index in [1.54, 1.807) is 0 Å². The Bertz CT molecular complexity index is 380. The molecule has 0 radical (unpaired) electrons. The van der Waals surface area contributed by atoms with Crippen molar-refractivity contribution in [2.75, 3.05) is 0 Å². The molecule has 0 bridgehead atoms. The zero-order chi connectivity index (χ0) is 13.3. The normalized spacial score (nSPS) is 14.8. The Kier molecular flexibility index (Phi) is 3.81. The van der Waals surface area contributed by atoms with Crippen molar-refractivity contribution < 1.29 is 13.2 Å². The molecule has 2 nitrogen and oxygen atoms in total. The third-order valence-corrected chi connectivity index (χ3v) is 2.72. The molecule has 5 heteroatoms. The van der Waals surface area contributed by atoms with E-state index in [0.29, 0.717) is 0 Å². The van der Waals surface area contributed by atoms with Crippen LogP contribution >= 0.6 is 0 Å². The van der Waals surface area contributed by atoms with Gasteiger partial charge in [-0.3, -0.25) is 4.98 Å². The molecule has 1 rings (SSSR count). The Balaban J connectivity index is 3.00. The van der Waals surface area contributed by atoms with Crippen LogP contribution in [0.4, 0.5) is 13.2 Å². The zero-order valence-corrected chi connectivity index (χ0v) is 10.2. The number of halogens is 3. The smallest absolute Gasteiger partial charge is 0.327 e. The van der Waals surface area contributed by atoms with Gasteiger partial charge in [0.05, 0.1) is 11.3 Å². The summed E-state index contributed by atoms with van der Waals surface area (Å²) in [6, 6.07) is 1.96. The van der Waals surface area contributed by atoms with Gasteiger partial charge in [0, 0.05) is 18.7 Å². The molecule has 1 atom stereocenters. The number of rotatable bonds is 2. The Morgan fingerprint density at radius 3 is 2.35 bits per heavy atom. The van der Waals surface area contributed by atoms with E-state index in [4.69, 9.17) is 5.73 Å². The summed E-state index contributed by atoms with van der Waals surface area (Å²) >= 11 is 0. The lowest BCUT2D eigenvalue weighted by molar-refractivity contribution is -0.138. The minimum absolute atomic E-state index is 0.0161. The largest absolute Gasteiger partial charge is 0.418 e. The molecule has 0 aliphatic carbocycles. The number of pyridine rings is 1. The molecule has 17 heavy (non-hydrogen) atoms. The average molecular weight is 246 g/mol. The summed E-state index contributed by atoms with van der Waals surface area (Å²) in [7, 11) is 0. The molecule has 0 saturated carbocycles. The van der Waals surface area contributed by atoms with Crippen LogP contribution in [0.2, 0.25) is 0 Å². The molecule has 1 aromatic rings. The van der Waals surface area contributed by atoms with E-state index in [1.807, 2.05) is 20.8 Å². The summed E-state index contributed by atoms with van der Waals surface area (Å²) in [5.41, 5.74) is 4.96. The molecule has 1 aromatic heterocycles. The first-order valence-corrected chi connectivity index (χ1v) is 5.39. The van der Waals surface area contributed by atoms with Crippen molar-refractivity contribution in [2.45, 2.75) is 39.4 Å². The van der Waals surface area contributed by atoms with Gasteiger partial charge in [0.25, 0.3) is 0 Å². The van der Waals surface area contributed by atoms with Gasteiger partial charge in [-0.2, -0.15) is 13.2 Å². The van der Waals surface area contributed by atoms with Crippen LogP contribution in [0.5, 0.6) is 0 Å². The average Bonchev–Trinajstić information content (AvgIpc) is 2.15. The van der Waals surface area contributed by atoms with Crippen molar-refractivity contribution in [3.05, 3.63) is 29.6 Å². The van der Waals surface area contributed by atoms with Crippen LogP contribution in [0.25, 0.3) is 0 Å². The highest BCUT2D eigenvalue weighted by Gasteiger charge is 2.35. The van der Waals surface area contributed by atoms with Crippen LogP contribution in [0, 0.1) is 5.41 Å². The quantitative estimate of drug-likeness (QED) is 0.871. The van der Waals surface area contributed by atoms with Crippen molar-refractivity contribution in [1.82, 2.24) is 4.98 Å². The molecule has 0 aromatic carbocycles. The molecular weight excluding hydrogens is 229 g/mol. The first-order chi connectivity index (χ1) is 7.62. The SMILES string of the molecule is CC(C)(C)C(N)Cc1ncccc1C(F)(F)F. The van der Waals surface area contributed by atoms with E-state index in [-0.39, 0.29) is 23.6 Å². The van der Waals surface area contributed by atoms with E-state index in [0.717, 1.165) is 6.07 Å². The van der Waals surface area contributed by atoms with Gasteiger partial charge in [0.15, 0.2) is 0 Å². The van der Waals surface area contributed by atoms with Crippen LogP contribution in [-0.4, -0.2) is 11.0 Å². The van der Waals surface area contributed by atoms with Crippen LogP contribution in [-0.2, 0) is 12.6 Å². The van der Waals surface area contributed by atoms with Crippen molar-refractivity contribution in [3.8, 4) is 0 Å². The first kappa shape index (κ1) is 14.0. The summed E-state index contributed by atoms with van der Waals surface area (Å²) in [6.45, 7) is 5.69. The van der Waals surface area contributed by atoms with Crippen molar-refractivity contribution in [3.63, 3.8) is 0 Å². The van der Waals surface area contributed by atoms with E-state index in [9.17, 15) is 13.2 Å². The van der Waals surface area contributed by atoms with Gasteiger partial charge >= 0.3 is 6.18 Å². The van der Waals surface area contributed by atoms with E-state index >= 15 is 0 Å². The molecule has 1 heterocycles. The van der Waals surface area contributed by atoms with Crippen molar-refractivity contribution >= 4 is 0 Å². The summed E-state index contributed by atoms with van der Waals surface area (Å²) in [5, 5.41) is 0. The van der Waals surface area contributed by atoms with E-state index < -0.39 is 11.7 Å². The molecule has 1 unspecified atom stereocenters. The molecule has 0 fully saturated rings. The molecule has 0 spiro atoms. The number of aromatic nitrogens is 1. The maximum Gasteiger partial charge on any atom is 0.418 e. The summed E-state index contributed by atoms with van der Waals surface area (Å²) in [6.07, 6.45) is -2.89. The van der Waals surface area contributed by atoms with Crippen molar-refractivity contribution in [1.29, 1.82) is 0 Å². The lowest BCUT2D eigenvalue weighted by Crippen LogP contribution is -2.37. The molecule has 0 amide bonds. The summed E-state index contributed by atoms with van der Waals surface area (Å²) in [5.74, 6) is 0. The Morgan fingerprint density at radius 2 is 1.88 bits per heavy atom. The summed E-state index contributed by atoms with van der Waals surface area (Å²) < 4.78 is 38.1. The Morgan fingerprint density at radius 1 is 1.29 bits per heavy atom. The molecule has 0 aliphatic rings. The second kappa shape index (κ2) is 4.64. The topological polar surface area (TPSA) is 38.9 Å². The maximum atomic E-state index is 12.7. The fourth-order valence-corrected chi connectivity index (χ4v) is 1.37. The van der Waals surface area contributed by atoms with Gasteiger partial charge in [-0.05, 0) is 17.5 Å². The van der Waals surface area contributed by atoms with Crippen LogP contribution in [0.15, 0.2) is 18.3 Å². The predicted octanol–water partition coefficient (Wildman–Crippen LogP) is 3.02. The number of hydrogen-bond donors (Lipinski definition) is 1. The fourth-order valence-electron chi connectivity index (χ4n) is 1.37. The van der Waals surface area contributed by atoms with Gasteiger partial charge in [-0.1, -0.05) is 20.8 Å². The summed E-state index contributed by atoms with van der Waals surface area (Å²) in [4.78, 5) is 3.80. The highest BCUT2D eigenvalue weighted by atomic mass is 19.4. The minimum atomic E-state index is -4.37. The van der Waals surface area contributed by atoms with Crippen LogP contribution in [0.1, 0.15) is 32.0 Å². The predicted molar refractivity (Wildman–Crippen MR) is 60.4 cm³/mol. The van der Waals surface area contributed by atoms with Crippen molar-refractivity contribution in [2.24, 2.45) is 11.1 Å². The highest BCUT2D eigenvalue weighted by Crippen LogP contribution is 2.32. The zero-order valence-electron chi connectivity index (χ0n) is 10.2. The number of nitrogens with zero attached hydrogens (tertiary/aromatic N) is 1. The lowest BCUT2D eigenvalue weighted by atomic mass is 9.84. The van der Waals surface area contributed by atoms with Crippen LogP contribution < -0.4 is 5.73 Å². The number of hydrogen-bond acceptors (Lipinski definition) is 2. The Labute approximate surface area is 99.0 Å². The van der Waals surface area contributed by atoms with E-state index in [1.165, 1.54) is 12.3 Å². The maximum absolute atomic E-state index is 12.7. The van der Waals surface area contributed by atoms with Gasteiger partial charge in [0.1, 0.15) is 0 Å². The number of alkyl halides is 3. The van der Waals surface area contributed by atoms with E-state index in [2.05, 4.69) is 4.98 Å². The van der Waals surface area contributed by atoms with Gasteiger partial charge in [-0.15, -0.1) is 0 Å². The monoisotopic (exact) mass is 246 g/mol. The lowest BCUT2D eigenvalue weighted by Gasteiger charge is -2.27. The third kappa shape index (κ3) is 3.70. The Hall–Kier alpha value is -1.10. The minimum Gasteiger partial charge on any atom is -0.327 e. The van der Waals surface area contributed by atoms with Crippen LogP contribution in [0.3, 0.4) is 0 Å². The third-order valence-electron chi connectivity index (χ3n) is 2.72. The van der Waals surface area contributed by atoms with Gasteiger partial charge in [-0.25, -0.2) is 0 Å². The fraction of sp³-hybridized carbons (Fsp3) is 0.583.